The van der Waals surface area contributed by atoms with E-state index >= 15 is 0 Å². The Labute approximate surface area is 156 Å². The summed E-state index contributed by atoms with van der Waals surface area (Å²) in [7, 11) is -0.928. The largest absolute Gasteiger partial charge is 0.497 e. The third kappa shape index (κ3) is 5.69. The average Bonchev–Trinajstić information content (AvgIpc) is 2.65. The van der Waals surface area contributed by atoms with Crippen molar-refractivity contribution in [2.45, 2.75) is 4.90 Å². The first-order chi connectivity index (χ1) is 12.7. The van der Waals surface area contributed by atoms with E-state index in [1.54, 1.807) is 6.07 Å². The minimum atomic E-state index is -3.81. The number of benzene rings is 2. The molecule has 2 aromatic carbocycles. The van der Waals surface area contributed by atoms with E-state index < -0.39 is 28.5 Å². The highest BCUT2D eigenvalue weighted by Crippen LogP contribution is 2.23. The lowest BCUT2D eigenvalue weighted by atomic mass is 10.2. The normalized spacial score (nSPS) is 10.8. The Hall–Kier alpha value is -3.11. The molecule has 0 aliphatic heterocycles. The van der Waals surface area contributed by atoms with Gasteiger partial charge in [-0.25, -0.2) is 18.4 Å². The van der Waals surface area contributed by atoms with Crippen LogP contribution in [0.2, 0.25) is 0 Å². The van der Waals surface area contributed by atoms with Crippen LogP contribution in [0.4, 0.5) is 5.69 Å². The Kier molecular flexibility index (Phi) is 6.37. The van der Waals surface area contributed by atoms with Gasteiger partial charge in [0.15, 0.2) is 6.61 Å². The first-order valence-corrected chi connectivity index (χ1v) is 9.10. The fourth-order valence-electron chi connectivity index (χ4n) is 2.06. The van der Waals surface area contributed by atoms with Gasteiger partial charge in [-0.1, -0.05) is 0 Å². The Morgan fingerprint density at radius 2 is 1.56 bits per heavy atom. The van der Waals surface area contributed by atoms with Crippen molar-refractivity contribution in [2.75, 3.05) is 26.1 Å². The summed E-state index contributed by atoms with van der Waals surface area (Å²) in [5, 5.41) is 7.47. The number of nitrogens with one attached hydrogen (secondary N) is 1. The fourth-order valence-corrected chi connectivity index (χ4v) is 2.58. The third-order valence-electron chi connectivity index (χ3n) is 3.39. The molecule has 0 radical (unpaired) electrons. The Bertz CT molecular complexity index is 918. The molecule has 0 spiro atoms. The van der Waals surface area contributed by atoms with Crippen LogP contribution in [0.5, 0.6) is 11.5 Å². The second kappa shape index (κ2) is 8.52. The van der Waals surface area contributed by atoms with Crippen molar-refractivity contribution in [3.63, 3.8) is 0 Å². The van der Waals surface area contributed by atoms with Crippen molar-refractivity contribution in [3.05, 3.63) is 48.0 Å². The Morgan fingerprint density at radius 1 is 1.00 bits per heavy atom. The molecular weight excluding hydrogens is 376 g/mol. The lowest BCUT2D eigenvalue weighted by Gasteiger charge is -2.09. The lowest BCUT2D eigenvalue weighted by molar-refractivity contribution is -0.119. The van der Waals surface area contributed by atoms with Crippen LogP contribution in [0.25, 0.3) is 0 Å². The first kappa shape index (κ1) is 20.2. The summed E-state index contributed by atoms with van der Waals surface area (Å²) in [6, 6.07) is 9.73. The number of methoxy groups -OCH3 is 2. The summed E-state index contributed by atoms with van der Waals surface area (Å²) in [6.45, 7) is -0.532. The number of ether oxygens (including phenoxy) is 3. The number of carbonyl (C=O) groups excluding carboxylic acids is 2. The molecule has 2 aromatic rings. The van der Waals surface area contributed by atoms with E-state index in [4.69, 9.17) is 19.3 Å². The number of hydrogen-bond donors (Lipinski definition) is 2. The van der Waals surface area contributed by atoms with Gasteiger partial charge in [-0.15, -0.1) is 0 Å². The monoisotopic (exact) mass is 394 g/mol. The number of amides is 1. The maximum Gasteiger partial charge on any atom is 0.338 e. The van der Waals surface area contributed by atoms with Crippen molar-refractivity contribution in [3.8, 4) is 11.5 Å². The number of sulfonamides is 1. The molecule has 0 fully saturated rings. The summed E-state index contributed by atoms with van der Waals surface area (Å²) >= 11 is 0. The van der Waals surface area contributed by atoms with Crippen molar-refractivity contribution in [1.29, 1.82) is 0 Å². The predicted octanol–water partition coefficient (Wildman–Crippen LogP) is 1.15. The molecule has 0 aliphatic carbocycles. The quantitative estimate of drug-likeness (QED) is 0.673. The zero-order valence-corrected chi connectivity index (χ0v) is 15.4. The van der Waals surface area contributed by atoms with Crippen LogP contribution >= 0.6 is 0 Å². The molecule has 0 aliphatic rings. The summed E-state index contributed by atoms with van der Waals surface area (Å²) in [4.78, 5) is 23.9. The smallest absolute Gasteiger partial charge is 0.338 e. The molecule has 0 heterocycles. The number of anilines is 1. The van der Waals surface area contributed by atoms with Gasteiger partial charge in [-0.05, 0) is 36.4 Å². The predicted molar refractivity (Wildman–Crippen MR) is 96.3 cm³/mol. The van der Waals surface area contributed by atoms with Crippen molar-refractivity contribution in [1.82, 2.24) is 0 Å². The number of esters is 1. The minimum absolute atomic E-state index is 0.0844. The van der Waals surface area contributed by atoms with Gasteiger partial charge in [0.05, 0.1) is 24.7 Å². The van der Waals surface area contributed by atoms with Crippen LogP contribution in [0.1, 0.15) is 10.4 Å². The van der Waals surface area contributed by atoms with Gasteiger partial charge in [-0.2, -0.15) is 0 Å². The molecule has 2 rings (SSSR count). The topological polar surface area (TPSA) is 134 Å². The molecular formula is C17H18N2O7S. The van der Waals surface area contributed by atoms with Gasteiger partial charge < -0.3 is 19.5 Å². The highest BCUT2D eigenvalue weighted by molar-refractivity contribution is 7.89. The minimum Gasteiger partial charge on any atom is -0.497 e. The summed E-state index contributed by atoms with van der Waals surface area (Å²) in [5.74, 6) is -0.519. The zero-order chi connectivity index (χ0) is 20.0. The number of hydrogen-bond acceptors (Lipinski definition) is 7. The average molecular weight is 394 g/mol. The second-order valence-electron chi connectivity index (χ2n) is 5.30. The summed E-state index contributed by atoms with van der Waals surface area (Å²) < 4.78 is 37.5. The van der Waals surface area contributed by atoms with Crippen molar-refractivity contribution in [2.24, 2.45) is 5.14 Å². The summed E-state index contributed by atoms with van der Waals surface area (Å²) in [6.07, 6.45) is 0. The molecule has 27 heavy (non-hydrogen) atoms. The van der Waals surface area contributed by atoms with E-state index in [0.717, 1.165) is 0 Å². The van der Waals surface area contributed by atoms with Gasteiger partial charge in [-0.3, -0.25) is 4.79 Å². The SMILES string of the molecule is COc1cc(OC)cc(C(=O)OCC(=O)Nc2ccc(S(N)(=O)=O)cc2)c1. The molecule has 0 saturated heterocycles. The van der Waals surface area contributed by atoms with Crippen molar-refractivity contribution >= 4 is 27.6 Å². The van der Waals surface area contributed by atoms with Gasteiger partial charge in [0.2, 0.25) is 10.0 Å². The van der Waals surface area contributed by atoms with Gasteiger partial charge >= 0.3 is 5.97 Å². The van der Waals surface area contributed by atoms with Crippen LogP contribution < -0.4 is 19.9 Å². The lowest BCUT2D eigenvalue weighted by Crippen LogP contribution is -2.21. The molecule has 0 unspecified atom stereocenters. The number of carbonyl (C=O) groups is 2. The summed E-state index contributed by atoms with van der Waals surface area (Å²) in [5.41, 5.74) is 0.489. The van der Waals surface area contributed by atoms with Crippen LogP contribution in [0.15, 0.2) is 47.4 Å². The third-order valence-corrected chi connectivity index (χ3v) is 4.32. The van der Waals surface area contributed by atoms with Crippen LogP contribution in [0.3, 0.4) is 0 Å². The van der Waals surface area contributed by atoms with Gasteiger partial charge in [0, 0.05) is 11.8 Å². The van der Waals surface area contributed by atoms with Gasteiger partial charge in [0.1, 0.15) is 11.5 Å². The molecule has 144 valence electrons. The molecule has 1 amide bonds. The second-order valence-corrected chi connectivity index (χ2v) is 6.86. The van der Waals surface area contributed by atoms with E-state index in [2.05, 4.69) is 5.32 Å². The molecule has 10 heteroatoms. The molecule has 3 N–H and O–H groups in total. The number of nitrogens with two attached hydrogens (primary N) is 1. The van der Waals surface area contributed by atoms with E-state index in [1.165, 1.54) is 50.6 Å². The van der Waals surface area contributed by atoms with Crippen molar-refractivity contribution < 1.29 is 32.2 Å². The number of primary sulfonamides is 1. The molecule has 0 saturated carbocycles. The highest BCUT2D eigenvalue weighted by atomic mass is 32.2. The Balaban J connectivity index is 1.96. The van der Waals surface area contributed by atoms with E-state index in [0.29, 0.717) is 17.2 Å². The van der Waals surface area contributed by atoms with Crippen LogP contribution in [-0.2, 0) is 19.6 Å². The molecule has 0 atom stereocenters. The number of rotatable bonds is 7. The maximum atomic E-state index is 12.1. The maximum absolute atomic E-state index is 12.1. The molecule has 0 bridgehead atoms. The van der Waals surface area contributed by atoms with Gasteiger partial charge in [0.25, 0.3) is 5.91 Å². The molecule has 0 aromatic heterocycles. The Morgan fingerprint density at radius 3 is 2.04 bits per heavy atom. The van der Waals surface area contributed by atoms with Crippen LogP contribution in [0, 0.1) is 0 Å². The fraction of sp³-hybridized carbons (Fsp3) is 0.176. The first-order valence-electron chi connectivity index (χ1n) is 7.56. The van der Waals surface area contributed by atoms with E-state index in [-0.39, 0.29) is 10.5 Å². The standard InChI is InChI=1S/C17H18N2O7S/c1-24-13-7-11(8-14(9-13)25-2)17(21)26-10-16(20)19-12-3-5-15(6-4-12)27(18,22)23/h3-9H,10H2,1-2H3,(H,19,20)(H2,18,22,23). The zero-order valence-electron chi connectivity index (χ0n) is 14.6. The van der Waals surface area contributed by atoms with E-state index in [9.17, 15) is 18.0 Å². The highest BCUT2D eigenvalue weighted by Gasteiger charge is 2.14. The van der Waals surface area contributed by atoms with Crippen LogP contribution in [-0.4, -0.2) is 41.1 Å². The molecule has 9 nitrogen and oxygen atoms in total. The van der Waals surface area contributed by atoms with E-state index in [1.807, 2.05) is 0 Å².